The lowest BCUT2D eigenvalue weighted by molar-refractivity contribution is -0.121. The molecule has 0 saturated heterocycles. The number of aromatic nitrogens is 1. The number of amides is 1. The summed E-state index contributed by atoms with van der Waals surface area (Å²) in [7, 11) is 0. The fourth-order valence-electron chi connectivity index (χ4n) is 3.57. The van der Waals surface area contributed by atoms with Gasteiger partial charge >= 0.3 is 5.97 Å². The summed E-state index contributed by atoms with van der Waals surface area (Å²) >= 11 is 0. The number of pyridine rings is 1. The van der Waals surface area contributed by atoms with Crippen LogP contribution in [0.3, 0.4) is 0 Å². The second kappa shape index (κ2) is 6.47. The van der Waals surface area contributed by atoms with Crippen LogP contribution in [0.15, 0.2) is 24.3 Å². The van der Waals surface area contributed by atoms with Crippen LogP contribution < -0.4 is 5.73 Å². The summed E-state index contributed by atoms with van der Waals surface area (Å²) in [5.41, 5.74) is 8.51. The van der Waals surface area contributed by atoms with Crippen molar-refractivity contribution in [3.63, 3.8) is 0 Å². The van der Waals surface area contributed by atoms with Crippen molar-refractivity contribution >= 4 is 22.8 Å². The Morgan fingerprint density at radius 3 is 2.68 bits per heavy atom. The Bertz CT molecular complexity index is 837. The van der Waals surface area contributed by atoms with Gasteiger partial charge in [-0.2, -0.15) is 0 Å². The third-order valence-electron chi connectivity index (χ3n) is 5.03. The molecule has 132 valence electrons. The highest BCUT2D eigenvalue weighted by Gasteiger charge is 2.33. The molecule has 0 unspecified atom stereocenters. The predicted octanol–water partition coefficient (Wildman–Crippen LogP) is 3.03. The van der Waals surface area contributed by atoms with Crippen LogP contribution in [0.4, 0.5) is 0 Å². The van der Waals surface area contributed by atoms with Crippen molar-refractivity contribution in [2.75, 3.05) is 6.61 Å². The molecule has 1 atom stereocenters. The van der Waals surface area contributed by atoms with E-state index in [1.54, 1.807) is 0 Å². The number of para-hydroxylation sites is 1. The molecule has 1 aromatic carbocycles. The van der Waals surface area contributed by atoms with E-state index in [1.807, 2.05) is 24.3 Å². The number of esters is 1. The number of hydrogen-bond acceptors (Lipinski definition) is 4. The highest BCUT2D eigenvalue weighted by atomic mass is 16.5. The molecule has 1 heterocycles. The monoisotopic (exact) mass is 340 g/mol. The van der Waals surface area contributed by atoms with Crippen LogP contribution in [0.1, 0.15) is 48.8 Å². The highest BCUT2D eigenvalue weighted by molar-refractivity contribution is 6.05. The van der Waals surface area contributed by atoms with Crippen molar-refractivity contribution < 1.29 is 14.3 Å². The molecule has 25 heavy (non-hydrogen) atoms. The van der Waals surface area contributed by atoms with Gasteiger partial charge in [0, 0.05) is 11.1 Å². The van der Waals surface area contributed by atoms with Gasteiger partial charge in [-0.25, -0.2) is 4.79 Å². The van der Waals surface area contributed by atoms with Gasteiger partial charge in [-0.05, 0) is 42.2 Å². The van der Waals surface area contributed by atoms with Gasteiger partial charge in [0.15, 0.2) is 6.61 Å². The third-order valence-corrected chi connectivity index (χ3v) is 5.03. The number of ether oxygens (including phenoxy) is 1. The zero-order chi connectivity index (χ0) is 18.2. The molecule has 1 amide bonds. The molecule has 5 heteroatoms. The molecular weight excluding hydrogens is 316 g/mol. The number of hydrogen-bond donors (Lipinski definition) is 1. The predicted molar refractivity (Wildman–Crippen MR) is 96.2 cm³/mol. The van der Waals surface area contributed by atoms with Gasteiger partial charge < -0.3 is 10.5 Å². The molecule has 1 aliphatic carbocycles. The van der Waals surface area contributed by atoms with Crippen molar-refractivity contribution in [2.24, 2.45) is 17.1 Å². The van der Waals surface area contributed by atoms with Crippen LogP contribution in [0.5, 0.6) is 0 Å². The zero-order valence-corrected chi connectivity index (χ0v) is 15.0. The highest BCUT2D eigenvalue weighted by Crippen LogP contribution is 2.39. The molecule has 0 aliphatic heterocycles. The van der Waals surface area contributed by atoms with E-state index in [0.29, 0.717) is 11.5 Å². The fraction of sp³-hybridized carbons (Fsp3) is 0.450. The van der Waals surface area contributed by atoms with Crippen molar-refractivity contribution in [2.45, 2.75) is 40.0 Å². The normalized spacial score (nSPS) is 17.2. The maximum atomic E-state index is 12.7. The number of aryl methyl sites for hydroxylation is 1. The van der Waals surface area contributed by atoms with Crippen LogP contribution in [0.25, 0.3) is 10.9 Å². The lowest BCUT2D eigenvalue weighted by Gasteiger charge is -2.35. The summed E-state index contributed by atoms with van der Waals surface area (Å²) in [5.74, 6) is -0.693. The topological polar surface area (TPSA) is 82.3 Å². The average Bonchev–Trinajstić information content (AvgIpc) is 2.56. The van der Waals surface area contributed by atoms with Crippen molar-refractivity contribution in [3.05, 3.63) is 41.1 Å². The van der Waals surface area contributed by atoms with E-state index in [1.165, 1.54) is 0 Å². The first kappa shape index (κ1) is 17.4. The molecule has 0 fully saturated rings. The first-order valence-electron chi connectivity index (χ1n) is 8.63. The van der Waals surface area contributed by atoms with Gasteiger partial charge in [-0.1, -0.05) is 39.0 Å². The average molecular weight is 340 g/mol. The molecule has 2 aromatic rings. The van der Waals surface area contributed by atoms with Crippen molar-refractivity contribution in [1.29, 1.82) is 0 Å². The quantitative estimate of drug-likeness (QED) is 0.871. The lowest BCUT2D eigenvalue weighted by Crippen LogP contribution is -2.29. The first-order valence-corrected chi connectivity index (χ1v) is 8.63. The van der Waals surface area contributed by atoms with Gasteiger partial charge in [0.1, 0.15) is 0 Å². The van der Waals surface area contributed by atoms with E-state index in [2.05, 4.69) is 20.8 Å². The SMILES string of the molecule is CC(C)(C)[C@H]1CCc2nc3ccccc3c(C(=O)OCC(N)=O)c2C1. The molecule has 2 N–H and O–H groups in total. The van der Waals surface area contributed by atoms with Crippen LogP contribution >= 0.6 is 0 Å². The zero-order valence-electron chi connectivity index (χ0n) is 15.0. The molecular formula is C20H24N2O3. The minimum absolute atomic E-state index is 0.151. The molecule has 0 bridgehead atoms. The van der Waals surface area contributed by atoms with E-state index < -0.39 is 18.5 Å². The Morgan fingerprint density at radius 1 is 1.28 bits per heavy atom. The first-order chi connectivity index (χ1) is 11.8. The number of nitrogens with two attached hydrogens (primary N) is 1. The standard InChI is InChI=1S/C20H24N2O3/c1-20(2,3)12-8-9-16-14(10-12)18(19(24)25-11-17(21)23)13-6-4-5-7-15(13)22-16/h4-7,12H,8-11H2,1-3H3,(H2,21,23)/t12-/m0/s1. The number of benzene rings is 1. The van der Waals surface area contributed by atoms with Gasteiger partial charge in [0.2, 0.25) is 0 Å². The van der Waals surface area contributed by atoms with Crippen molar-refractivity contribution in [1.82, 2.24) is 4.98 Å². The molecule has 0 radical (unpaired) electrons. The lowest BCUT2D eigenvalue weighted by atomic mass is 9.70. The summed E-state index contributed by atoms with van der Waals surface area (Å²) in [4.78, 5) is 28.5. The van der Waals surface area contributed by atoms with Crippen molar-refractivity contribution in [3.8, 4) is 0 Å². The number of carbonyl (C=O) groups excluding carboxylic acids is 2. The van der Waals surface area contributed by atoms with Crippen LogP contribution in [0, 0.1) is 11.3 Å². The smallest absolute Gasteiger partial charge is 0.339 e. The van der Waals surface area contributed by atoms with Gasteiger partial charge in [0.25, 0.3) is 5.91 Å². The molecule has 1 aromatic heterocycles. The summed E-state index contributed by atoms with van der Waals surface area (Å²) in [6.07, 6.45) is 2.69. The molecule has 0 spiro atoms. The summed E-state index contributed by atoms with van der Waals surface area (Å²) in [5, 5.41) is 0.769. The molecule has 5 nitrogen and oxygen atoms in total. The largest absolute Gasteiger partial charge is 0.452 e. The molecule has 1 aliphatic rings. The summed E-state index contributed by atoms with van der Waals surface area (Å²) in [6, 6.07) is 7.56. The minimum Gasteiger partial charge on any atom is -0.452 e. The fourth-order valence-corrected chi connectivity index (χ4v) is 3.57. The second-order valence-corrected chi connectivity index (χ2v) is 7.78. The Balaban J connectivity index is 2.12. The minimum atomic E-state index is -0.659. The van der Waals surface area contributed by atoms with E-state index in [0.717, 1.165) is 41.4 Å². The van der Waals surface area contributed by atoms with E-state index >= 15 is 0 Å². The van der Waals surface area contributed by atoms with E-state index in [-0.39, 0.29) is 5.41 Å². The Hall–Kier alpha value is -2.43. The maximum Gasteiger partial charge on any atom is 0.339 e. The Labute approximate surface area is 147 Å². The third kappa shape index (κ3) is 3.50. The number of rotatable bonds is 3. The Kier molecular flexibility index (Phi) is 4.50. The maximum absolute atomic E-state index is 12.7. The van der Waals surface area contributed by atoms with Crippen LogP contribution in [0.2, 0.25) is 0 Å². The number of carbonyl (C=O) groups is 2. The molecule has 3 rings (SSSR count). The van der Waals surface area contributed by atoms with Gasteiger partial charge in [-0.3, -0.25) is 9.78 Å². The van der Waals surface area contributed by atoms with Crippen LogP contribution in [-0.2, 0) is 22.4 Å². The molecule has 0 saturated carbocycles. The number of fused-ring (bicyclic) bond motifs is 2. The summed E-state index contributed by atoms with van der Waals surface area (Å²) < 4.78 is 5.14. The Morgan fingerprint density at radius 2 is 2.00 bits per heavy atom. The van der Waals surface area contributed by atoms with Gasteiger partial charge in [0.05, 0.1) is 11.1 Å². The van der Waals surface area contributed by atoms with E-state index in [4.69, 9.17) is 15.5 Å². The summed E-state index contributed by atoms with van der Waals surface area (Å²) in [6.45, 7) is 6.26. The second-order valence-electron chi connectivity index (χ2n) is 7.78. The van der Waals surface area contributed by atoms with E-state index in [9.17, 15) is 9.59 Å². The number of primary amides is 1. The van der Waals surface area contributed by atoms with Crippen LogP contribution in [-0.4, -0.2) is 23.5 Å². The van der Waals surface area contributed by atoms with Gasteiger partial charge in [-0.15, -0.1) is 0 Å². The number of nitrogens with zero attached hydrogens (tertiary/aromatic N) is 1.